The minimum Gasteiger partial charge on any atom is -0.480 e. The molecular weight excluding hydrogens is 262 g/mol. The Morgan fingerprint density at radius 3 is 2.80 bits per heavy atom. The standard InChI is InChI=1S/C13H19N3O4/c1-9-14-10(20-15-9)5-6-11(17)16-8-4-3-7-13(16,2)12(18)19/h3-8H2,1-2H3,(H,18,19). The van der Waals surface area contributed by atoms with Gasteiger partial charge in [-0.25, -0.2) is 4.79 Å². The maximum atomic E-state index is 12.3. The second kappa shape index (κ2) is 5.60. The number of hydrogen-bond donors (Lipinski definition) is 1. The summed E-state index contributed by atoms with van der Waals surface area (Å²) in [6.45, 7) is 3.81. The Bertz CT molecular complexity index is 513. The van der Waals surface area contributed by atoms with Crippen molar-refractivity contribution in [3.8, 4) is 0 Å². The summed E-state index contributed by atoms with van der Waals surface area (Å²) in [5.41, 5.74) is -1.10. The highest BCUT2D eigenvalue weighted by Gasteiger charge is 2.43. The lowest BCUT2D eigenvalue weighted by molar-refractivity contribution is -0.161. The molecule has 0 saturated carbocycles. The van der Waals surface area contributed by atoms with Crippen LogP contribution < -0.4 is 0 Å². The molecule has 1 aromatic rings. The predicted octanol–water partition coefficient (Wildman–Crippen LogP) is 1.17. The number of rotatable bonds is 4. The smallest absolute Gasteiger partial charge is 0.329 e. The molecule has 2 rings (SSSR count). The molecule has 1 atom stereocenters. The fourth-order valence-corrected chi connectivity index (χ4v) is 2.53. The topological polar surface area (TPSA) is 96.5 Å². The van der Waals surface area contributed by atoms with E-state index < -0.39 is 11.5 Å². The largest absolute Gasteiger partial charge is 0.480 e. The molecule has 1 saturated heterocycles. The monoisotopic (exact) mass is 281 g/mol. The van der Waals surface area contributed by atoms with Crippen LogP contribution in [0, 0.1) is 6.92 Å². The molecule has 0 aliphatic carbocycles. The third-order valence-corrected chi connectivity index (χ3v) is 3.78. The van der Waals surface area contributed by atoms with Crippen LogP contribution in [0.5, 0.6) is 0 Å². The summed E-state index contributed by atoms with van der Waals surface area (Å²) in [6, 6.07) is 0. The number of piperidine rings is 1. The van der Waals surface area contributed by atoms with Crippen LogP contribution in [0.25, 0.3) is 0 Å². The summed E-state index contributed by atoms with van der Waals surface area (Å²) in [6.07, 6.45) is 2.69. The van der Waals surface area contributed by atoms with Gasteiger partial charge in [0.15, 0.2) is 5.82 Å². The summed E-state index contributed by atoms with van der Waals surface area (Å²) in [5, 5.41) is 13.0. The Morgan fingerprint density at radius 1 is 1.45 bits per heavy atom. The van der Waals surface area contributed by atoms with E-state index in [0.29, 0.717) is 31.1 Å². The first-order chi connectivity index (χ1) is 9.43. The van der Waals surface area contributed by atoms with Crippen LogP contribution in [0.2, 0.25) is 0 Å². The molecule has 1 amide bonds. The Kier molecular flexibility index (Phi) is 4.06. The van der Waals surface area contributed by atoms with Gasteiger partial charge >= 0.3 is 5.97 Å². The van der Waals surface area contributed by atoms with Gasteiger partial charge in [0.25, 0.3) is 0 Å². The summed E-state index contributed by atoms with van der Waals surface area (Å²) < 4.78 is 4.95. The van der Waals surface area contributed by atoms with Crippen LogP contribution in [0.15, 0.2) is 4.52 Å². The molecule has 2 heterocycles. The zero-order chi connectivity index (χ0) is 14.8. The van der Waals surface area contributed by atoms with E-state index in [1.807, 2.05) is 0 Å². The van der Waals surface area contributed by atoms with Gasteiger partial charge in [-0.3, -0.25) is 4.79 Å². The fourth-order valence-electron chi connectivity index (χ4n) is 2.53. The molecule has 1 aliphatic heterocycles. The zero-order valence-corrected chi connectivity index (χ0v) is 11.8. The second-order valence-corrected chi connectivity index (χ2v) is 5.32. The lowest BCUT2D eigenvalue weighted by Crippen LogP contribution is -2.57. The van der Waals surface area contributed by atoms with Gasteiger partial charge in [-0.1, -0.05) is 5.16 Å². The number of hydrogen-bond acceptors (Lipinski definition) is 5. The first-order valence-corrected chi connectivity index (χ1v) is 6.76. The maximum absolute atomic E-state index is 12.3. The first kappa shape index (κ1) is 14.5. The van der Waals surface area contributed by atoms with Crippen molar-refractivity contribution in [1.82, 2.24) is 15.0 Å². The molecule has 20 heavy (non-hydrogen) atoms. The van der Waals surface area contributed by atoms with Gasteiger partial charge in [-0.15, -0.1) is 0 Å². The number of carboxylic acids is 1. The van der Waals surface area contributed by atoms with Gasteiger partial charge < -0.3 is 14.5 Å². The average Bonchev–Trinajstić information content (AvgIpc) is 2.82. The van der Waals surface area contributed by atoms with Crippen molar-refractivity contribution >= 4 is 11.9 Å². The number of carboxylic acid groups (broad SMARTS) is 1. The minimum atomic E-state index is -1.10. The molecule has 0 aromatic carbocycles. The van der Waals surface area contributed by atoms with Crippen molar-refractivity contribution in [1.29, 1.82) is 0 Å². The highest BCUT2D eigenvalue weighted by atomic mass is 16.5. The van der Waals surface area contributed by atoms with Gasteiger partial charge in [-0.2, -0.15) is 4.98 Å². The fraction of sp³-hybridized carbons (Fsp3) is 0.692. The van der Waals surface area contributed by atoms with Crippen molar-refractivity contribution in [2.75, 3.05) is 6.54 Å². The van der Waals surface area contributed by atoms with Crippen LogP contribution >= 0.6 is 0 Å². The van der Waals surface area contributed by atoms with E-state index in [0.717, 1.165) is 12.8 Å². The highest BCUT2D eigenvalue weighted by molar-refractivity contribution is 5.87. The number of carbonyl (C=O) groups excluding carboxylic acids is 1. The van der Waals surface area contributed by atoms with Gasteiger partial charge in [0.1, 0.15) is 5.54 Å². The Balaban J connectivity index is 2.01. The number of likely N-dealkylation sites (tertiary alicyclic amines) is 1. The summed E-state index contributed by atoms with van der Waals surface area (Å²) in [4.78, 5) is 29.2. The van der Waals surface area contributed by atoms with Crippen molar-refractivity contribution in [3.63, 3.8) is 0 Å². The van der Waals surface area contributed by atoms with Crippen molar-refractivity contribution in [2.24, 2.45) is 0 Å². The molecule has 1 unspecified atom stereocenters. The zero-order valence-electron chi connectivity index (χ0n) is 11.8. The molecule has 7 nitrogen and oxygen atoms in total. The van der Waals surface area contributed by atoms with Gasteiger partial charge in [0, 0.05) is 19.4 Å². The van der Waals surface area contributed by atoms with Gasteiger partial charge in [-0.05, 0) is 33.1 Å². The number of aliphatic carboxylic acids is 1. The highest BCUT2D eigenvalue weighted by Crippen LogP contribution is 2.29. The van der Waals surface area contributed by atoms with E-state index >= 15 is 0 Å². The molecule has 0 bridgehead atoms. The molecule has 7 heteroatoms. The van der Waals surface area contributed by atoms with E-state index in [1.54, 1.807) is 13.8 Å². The van der Waals surface area contributed by atoms with E-state index in [2.05, 4.69) is 10.1 Å². The van der Waals surface area contributed by atoms with E-state index in [9.17, 15) is 14.7 Å². The van der Waals surface area contributed by atoms with Crippen LogP contribution in [0.3, 0.4) is 0 Å². The van der Waals surface area contributed by atoms with Crippen LogP contribution in [-0.2, 0) is 16.0 Å². The third kappa shape index (κ3) is 2.81. The van der Waals surface area contributed by atoms with Crippen molar-refractivity contribution < 1.29 is 19.2 Å². The maximum Gasteiger partial charge on any atom is 0.329 e. The molecule has 1 N–H and O–H groups in total. The summed E-state index contributed by atoms with van der Waals surface area (Å²) in [5.74, 6) is -0.185. The van der Waals surface area contributed by atoms with Crippen LogP contribution in [0.4, 0.5) is 0 Å². The molecule has 0 radical (unpaired) electrons. The number of nitrogens with zero attached hydrogens (tertiary/aromatic N) is 3. The Hall–Kier alpha value is -1.92. The third-order valence-electron chi connectivity index (χ3n) is 3.78. The van der Waals surface area contributed by atoms with Crippen molar-refractivity contribution in [3.05, 3.63) is 11.7 Å². The molecule has 1 fully saturated rings. The van der Waals surface area contributed by atoms with Crippen LogP contribution in [0.1, 0.15) is 44.3 Å². The second-order valence-electron chi connectivity index (χ2n) is 5.32. The normalized spacial score (nSPS) is 22.8. The first-order valence-electron chi connectivity index (χ1n) is 6.76. The average molecular weight is 281 g/mol. The van der Waals surface area contributed by atoms with Gasteiger partial charge in [0.05, 0.1) is 0 Å². The van der Waals surface area contributed by atoms with E-state index in [4.69, 9.17) is 4.52 Å². The SMILES string of the molecule is Cc1noc(CCC(=O)N2CCCCC2(C)C(=O)O)n1. The molecular formula is C13H19N3O4. The number of aryl methyl sites for hydroxylation is 2. The number of aromatic nitrogens is 2. The molecule has 0 spiro atoms. The number of carbonyl (C=O) groups is 2. The number of amides is 1. The molecule has 1 aliphatic rings. The van der Waals surface area contributed by atoms with Crippen LogP contribution in [-0.4, -0.2) is 44.1 Å². The van der Waals surface area contributed by atoms with E-state index in [-0.39, 0.29) is 12.3 Å². The van der Waals surface area contributed by atoms with Crippen molar-refractivity contribution in [2.45, 2.75) is 51.5 Å². The van der Waals surface area contributed by atoms with Gasteiger partial charge in [0.2, 0.25) is 11.8 Å². The Morgan fingerprint density at radius 2 is 2.20 bits per heavy atom. The lowest BCUT2D eigenvalue weighted by Gasteiger charge is -2.41. The van der Waals surface area contributed by atoms with E-state index in [1.165, 1.54) is 4.90 Å². The Labute approximate surface area is 117 Å². The summed E-state index contributed by atoms with van der Waals surface area (Å²) in [7, 11) is 0. The molecule has 110 valence electrons. The summed E-state index contributed by atoms with van der Waals surface area (Å²) >= 11 is 0. The minimum absolute atomic E-state index is 0.176. The molecule has 1 aromatic heterocycles. The lowest BCUT2D eigenvalue weighted by atomic mass is 9.88. The quantitative estimate of drug-likeness (QED) is 0.889. The predicted molar refractivity (Wildman–Crippen MR) is 69.0 cm³/mol.